The van der Waals surface area contributed by atoms with E-state index in [1.807, 2.05) is 6.92 Å². The summed E-state index contributed by atoms with van der Waals surface area (Å²) in [6.45, 7) is 2.59. The van der Waals surface area contributed by atoms with Gasteiger partial charge in [0.05, 0.1) is 6.61 Å². The Bertz CT molecular complexity index is 511. The van der Waals surface area contributed by atoms with E-state index in [-0.39, 0.29) is 5.91 Å². The predicted octanol–water partition coefficient (Wildman–Crippen LogP) is 2.46. The maximum atomic E-state index is 12.2. The second kappa shape index (κ2) is 7.11. The molecule has 1 aromatic carbocycles. The van der Waals surface area contributed by atoms with Crippen LogP contribution in [0.5, 0.6) is 5.75 Å². The molecule has 1 aliphatic rings. The molecule has 1 unspecified atom stereocenters. The van der Waals surface area contributed by atoms with Gasteiger partial charge < -0.3 is 15.2 Å². The lowest BCUT2D eigenvalue weighted by Gasteiger charge is -2.14. The van der Waals surface area contributed by atoms with Crippen molar-refractivity contribution in [1.29, 1.82) is 0 Å². The first-order chi connectivity index (χ1) is 10.1. The standard InChI is InChI=1S/C16H21NO4/c1-2-8-21-13-5-3-4-12(10-13)15(18)17-14(16(19)20)9-11-6-7-11/h3-5,10-11,14H,2,6-9H2,1H3,(H,17,18)(H,19,20). The first-order valence-corrected chi connectivity index (χ1v) is 7.36. The predicted molar refractivity (Wildman–Crippen MR) is 78.5 cm³/mol. The quantitative estimate of drug-likeness (QED) is 0.771. The number of rotatable bonds is 8. The molecule has 0 heterocycles. The van der Waals surface area contributed by atoms with Crippen LogP contribution in [0, 0.1) is 5.92 Å². The zero-order chi connectivity index (χ0) is 15.2. The molecule has 0 spiro atoms. The summed E-state index contributed by atoms with van der Waals surface area (Å²) in [6, 6.07) is 6.00. The van der Waals surface area contributed by atoms with E-state index >= 15 is 0 Å². The van der Waals surface area contributed by atoms with Gasteiger partial charge in [-0.3, -0.25) is 4.79 Å². The van der Waals surface area contributed by atoms with Gasteiger partial charge in [0.25, 0.3) is 5.91 Å². The third-order valence-electron chi connectivity index (χ3n) is 3.44. The van der Waals surface area contributed by atoms with Crippen LogP contribution in [-0.2, 0) is 4.79 Å². The molecule has 0 saturated heterocycles. The van der Waals surface area contributed by atoms with Crippen LogP contribution in [0.15, 0.2) is 24.3 Å². The van der Waals surface area contributed by atoms with Crippen LogP contribution in [-0.4, -0.2) is 29.6 Å². The van der Waals surface area contributed by atoms with Crippen molar-refractivity contribution in [3.63, 3.8) is 0 Å². The van der Waals surface area contributed by atoms with Gasteiger partial charge in [-0.1, -0.05) is 25.8 Å². The number of carbonyl (C=O) groups excluding carboxylic acids is 1. The number of nitrogens with one attached hydrogen (secondary N) is 1. The van der Waals surface area contributed by atoms with Gasteiger partial charge in [0.1, 0.15) is 11.8 Å². The minimum absolute atomic E-state index is 0.370. The summed E-state index contributed by atoms with van der Waals surface area (Å²) < 4.78 is 5.48. The number of carboxylic acid groups (broad SMARTS) is 1. The molecule has 2 N–H and O–H groups in total. The zero-order valence-corrected chi connectivity index (χ0v) is 12.2. The highest BCUT2D eigenvalue weighted by molar-refractivity contribution is 5.96. The zero-order valence-electron chi connectivity index (χ0n) is 12.2. The highest BCUT2D eigenvalue weighted by atomic mass is 16.5. The average Bonchev–Trinajstić information content (AvgIpc) is 3.28. The molecule has 0 radical (unpaired) electrons. The van der Waals surface area contributed by atoms with Gasteiger partial charge in [-0.25, -0.2) is 4.79 Å². The minimum Gasteiger partial charge on any atom is -0.494 e. The second-order valence-electron chi connectivity index (χ2n) is 5.42. The third-order valence-corrected chi connectivity index (χ3v) is 3.44. The van der Waals surface area contributed by atoms with Gasteiger partial charge in [0.15, 0.2) is 0 Å². The molecule has 1 amide bonds. The molecule has 114 valence electrons. The molecule has 5 heteroatoms. The molecule has 0 aromatic heterocycles. The summed E-state index contributed by atoms with van der Waals surface area (Å²) in [5, 5.41) is 11.8. The molecule has 2 rings (SSSR count). The fourth-order valence-electron chi connectivity index (χ4n) is 2.10. The van der Waals surface area contributed by atoms with Gasteiger partial charge in [-0.15, -0.1) is 0 Å². The molecule has 1 aliphatic carbocycles. The minimum atomic E-state index is -0.978. The van der Waals surface area contributed by atoms with Crippen molar-refractivity contribution in [2.24, 2.45) is 5.92 Å². The van der Waals surface area contributed by atoms with E-state index in [0.29, 0.717) is 30.3 Å². The van der Waals surface area contributed by atoms with Crippen LogP contribution in [0.1, 0.15) is 43.0 Å². The number of amides is 1. The van der Waals surface area contributed by atoms with E-state index in [2.05, 4.69) is 5.32 Å². The Hall–Kier alpha value is -2.04. The Morgan fingerprint density at radius 2 is 2.19 bits per heavy atom. The van der Waals surface area contributed by atoms with Gasteiger partial charge in [-0.05, 0) is 37.0 Å². The molecule has 1 fully saturated rings. The molecular formula is C16H21NO4. The first-order valence-electron chi connectivity index (χ1n) is 7.36. The van der Waals surface area contributed by atoms with Crippen LogP contribution in [0.2, 0.25) is 0 Å². The largest absolute Gasteiger partial charge is 0.494 e. The number of carbonyl (C=O) groups is 2. The summed E-state index contributed by atoms with van der Waals surface area (Å²) in [4.78, 5) is 23.4. The van der Waals surface area contributed by atoms with Crippen LogP contribution in [0.25, 0.3) is 0 Å². The average molecular weight is 291 g/mol. The second-order valence-corrected chi connectivity index (χ2v) is 5.42. The van der Waals surface area contributed by atoms with Crippen LogP contribution < -0.4 is 10.1 Å². The van der Waals surface area contributed by atoms with E-state index in [1.54, 1.807) is 24.3 Å². The van der Waals surface area contributed by atoms with E-state index in [0.717, 1.165) is 19.3 Å². The first kappa shape index (κ1) is 15.4. The third kappa shape index (κ3) is 4.77. The Labute approximate surface area is 124 Å². The highest BCUT2D eigenvalue weighted by Crippen LogP contribution is 2.33. The fraction of sp³-hybridized carbons (Fsp3) is 0.500. The normalized spacial score (nSPS) is 15.3. The molecule has 0 aliphatic heterocycles. The number of benzene rings is 1. The van der Waals surface area contributed by atoms with Crippen molar-refractivity contribution >= 4 is 11.9 Å². The maximum absolute atomic E-state index is 12.2. The maximum Gasteiger partial charge on any atom is 0.326 e. The molecule has 0 bridgehead atoms. The molecule has 21 heavy (non-hydrogen) atoms. The van der Waals surface area contributed by atoms with Crippen LogP contribution in [0.3, 0.4) is 0 Å². The van der Waals surface area contributed by atoms with E-state index in [9.17, 15) is 14.7 Å². The number of carboxylic acids is 1. The topological polar surface area (TPSA) is 75.6 Å². The lowest BCUT2D eigenvalue weighted by molar-refractivity contribution is -0.139. The number of ether oxygens (including phenoxy) is 1. The number of aliphatic carboxylic acids is 1. The van der Waals surface area contributed by atoms with E-state index in [1.165, 1.54) is 0 Å². The van der Waals surface area contributed by atoms with Crippen LogP contribution in [0.4, 0.5) is 0 Å². The Balaban J connectivity index is 1.98. The summed E-state index contributed by atoms with van der Waals surface area (Å²) in [5.74, 6) is -0.289. The Morgan fingerprint density at radius 3 is 2.81 bits per heavy atom. The van der Waals surface area contributed by atoms with Gasteiger partial charge >= 0.3 is 5.97 Å². The summed E-state index contributed by atoms with van der Waals surface area (Å²) in [5.41, 5.74) is 0.422. The summed E-state index contributed by atoms with van der Waals surface area (Å²) >= 11 is 0. The molecular weight excluding hydrogens is 270 g/mol. The lowest BCUT2D eigenvalue weighted by atomic mass is 10.1. The van der Waals surface area contributed by atoms with Gasteiger partial charge in [-0.2, -0.15) is 0 Å². The smallest absolute Gasteiger partial charge is 0.326 e. The Morgan fingerprint density at radius 1 is 1.43 bits per heavy atom. The molecule has 1 saturated carbocycles. The summed E-state index contributed by atoms with van der Waals surface area (Å²) in [6.07, 6.45) is 3.51. The molecule has 5 nitrogen and oxygen atoms in total. The summed E-state index contributed by atoms with van der Waals surface area (Å²) in [7, 11) is 0. The fourth-order valence-corrected chi connectivity index (χ4v) is 2.10. The highest BCUT2D eigenvalue weighted by Gasteiger charge is 2.30. The number of hydrogen-bond acceptors (Lipinski definition) is 3. The Kier molecular flexibility index (Phi) is 5.20. The monoisotopic (exact) mass is 291 g/mol. The molecule has 1 atom stereocenters. The SMILES string of the molecule is CCCOc1cccc(C(=O)NC(CC2CC2)C(=O)O)c1. The van der Waals surface area contributed by atoms with Crippen molar-refractivity contribution in [3.05, 3.63) is 29.8 Å². The van der Waals surface area contributed by atoms with Crippen molar-refractivity contribution in [3.8, 4) is 5.75 Å². The van der Waals surface area contributed by atoms with Crippen molar-refractivity contribution in [2.45, 2.75) is 38.6 Å². The van der Waals surface area contributed by atoms with Crippen molar-refractivity contribution in [1.82, 2.24) is 5.32 Å². The van der Waals surface area contributed by atoms with Crippen LogP contribution >= 0.6 is 0 Å². The number of hydrogen-bond donors (Lipinski definition) is 2. The van der Waals surface area contributed by atoms with Crippen molar-refractivity contribution in [2.75, 3.05) is 6.61 Å². The van der Waals surface area contributed by atoms with Crippen molar-refractivity contribution < 1.29 is 19.4 Å². The van der Waals surface area contributed by atoms with E-state index < -0.39 is 12.0 Å². The molecule has 1 aromatic rings. The van der Waals surface area contributed by atoms with Gasteiger partial charge in [0.2, 0.25) is 0 Å². The van der Waals surface area contributed by atoms with E-state index in [4.69, 9.17) is 4.74 Å². The van der Waals surface area contributed by atoms with Gasteiger partial charge in [0, 0.05) is 5.56 Å². The lowest BCUT2D eigenvalue weighted by Crippen LogP contribution is -2.41.